The Morgan fingerprint density at radius 1 is 1.03 bits per heavy atom. The Kier molecular flexibility index (Phi) is 5.96. The third kappa shape index (κ3) is 4.13. The van der Waals surface area contributed by atoms with Crippen molar-refractivity contribution in [2.45, 2.75) is 19.3 Å². The van der Waals surface area contributed by atoms with E-state index in [1.54, 1.807) is 40.4 Å². The highest BCUT2D eigenvalue weighted by Gasteiger charge is 2.37. The van der Waals surface area contributed by atoms with E-state index < -0.39 is 4.92 Å². The van der Waals surface area contributed by atoms with Gasteiger partial charge in [0.2, 0.25) is 4.80 Å². The predicted octanol–water partition coefficient (Wildman–Crippen LogP) is 6.56. The van der Waals surface area contributed by atoms with Crippen molar-refractivity contribution in [2.24, 2.45) is 10.1 Å². The van der Waals surface area contributed by atoms with Gasteiger partial charge in [-0.15, -0.1) is 22.7 Å². The Balaban J connectivity index is 1.60. The van der Waals surface area contributed by atoms with Gasteiger partial charge in [0.15, 0.2) is 0 Å². The summed E-state index contributed by atoms with van der Waals surface area (Å²) in [6.45, 7) is 4.41. The normalized spacial score (nSPS) is 16.4. The first-order valence-electron chi connectivity index (χ1n) is 11.0. The van der Waals surface area contributed by atoms with Crippen molar-refractivity contribution >= 4 is 46.0 Å². The summed E-state index contributed by atoms with van der Waals surface area (Å²) in [5.41, 5.74) is 4.58. The molecule has 2 aromatic heterocycles. The number of hydrogen-bond acceptors (Lipinski definition) is 7. The highest BCUT2D eigenvalue weighted by molar-refractivity contribution is 7.14. The Morgan fingerprint density at radius 3 is 2.54 bits per heavy atom. The van der Waals surface area contributed by atoms with Crippen molar-refractivity contribution in [1.29, 1.82) is 0 Å². The summed E-state index contributed by atoms with van der Waals surface area (Å²) in [5.74, 6) is 0. The predicted molar refractivity (Wildman–Crippen MR) is 144 cm³/mol. The summed E-state index contributed by atoms with van der Waals surface area (Å²) in [6.07, 6.45) is 3.80. The molecule has 0 radical (unpaired) electrons. The SMILES string of the molecule is CN1C(=CC=Nn2c(-c3cccs3)csc2=Nc2ccccc2[N+](=O)[O-])C(C)(C)c2ccccc21. The quantitative estimate of drug-likeness (QED) is 0.176. The van der Waals surface area contributed by atoms with Crippen molar-refractivity contribution in [3.63, 3.8) is 0 Å². The van der Waals surface area contributed by atoms with E-state index in [0.29, 0.717) is 10.5 Å². The lowest BCUT2D eigenvalue weighted by molar-refractivity contribution is -0.384. The molecular weight excluding hydrogens is 478 g/mol. The fourth-order valence-corrected chi connectivity index (χ4v) is 6.01. The van der Waals surface area contributed by atoms with Gasteiger partial charge in [-0.05, 0) is 35.2 Å². The number of allylic oxidation sites excluding steroid dienone is 2. The number of likely N-dealkylation sites (N-methyl/N-ethyl adjacent to an activating group) is 1. The Labute approximate surface area is 210 Å². The summed E-state index contributed by atoms with van der Waals surface area (Å²) in [7, 11) is 2.07. The molecule has 0 saturated heterocycles. The second kappa shape index (κ2) is 9.09. The standard InChI is InChI=1S/C26H23N5O2S2/c1-26(2)18-9-4-6-11-20(18)29(3)24(26)14-15-27-30-22(23-13-8-16-34-23)17-35-25(30)28-19-10-5-7-12-21(19)31(32)33/h4-17H,1-3H3. The molecule has 0 unspecified atom stereocenters. The zero-order valence-electron chi connectivity index (χ0n) is 19.5. The average molecular weight is 502 g/mol. The number of para-hydroxylation sites is 3. The minimum Gasteiger partial charge on any atom is -0.347 e. The van der Waals surface area contributed by atoms with Crippen molar-refractivity contribution in [3.8, 4) is 10.6 Å². The number of rotatable bonds is 5. The fourth-order valence-electron chi connectivity index (χ4n) is 4.37. The second-order valence-electron chi connectivity index (χ2n) is 8.57. The molecule has 2 aromatic carbocycles. The molecule has 7 nitrogen and oxygen atoms in total. The fraction of sp³-hybridized carbons (Fsp3) is 0.154. The van der Waals surface area contributed by atoms with Gasteiger partial charge in [-0.25, -0.2) is 9.67 Å². The van der Waals surface area contributed by atoms with Crippen LogP contribution >= 0.6 is 22.7 Å². The molecule has 0 amide bonds. The zero-order chi connectivity index (χ0) is 24.6. The number of nitro groups is 1. The van der Waals surface area contributed by atoms with Crippen LogP contribution in [0, 0.1) is 10.1 Å². The van der Waals surface area contributed by atoms with E-state index in [0.717, 1.165) is 16.3 Å². The zero-order valence-corrected chi connectivity index (χ0v) is 21.1. The molecule has 4 aromatic rings. The van der Waals surface area contributed by atoms with Gasteiger partial charge < -0.3 is 4.90 Å². The van der Waals surface area contributed by atoms with Gasteiger partial charge in [0, 0.05) is 41.5 Å². The number of nitro benzene ring substituents is 1. The largest absolute Gasteiger partial charge is 0.347 e. The monoisotopic (exact) mass is 501 g/mol. The van der Waals surface area contributed by atoms with Crippen LogP contribution < -0.4 is 9.70 Å². The minimum atomic E-state index is -0.416. The van der Waals surface area contributed by atoms with Crippen LogP contribution in [0.3, 0.4) is 0 Å². The minimum absolute atomic E-state index is 0.0386. The van der Waals surface area contributed by atoms with E-state index in [-0.39, 0.29) is 11.1 Å². The molecule has 0 atom stereocenters. The number of benzene rings is 2. The van der Waals surface area contributed by atoms with Gasteiger partial charge in [0.05, 0.1) is 15.5 Å². The van der Waals surface area contributed by atoms with Gasteiger partial charge in [-0.2, -0.15) is 5.10 Å². The van der Waals surface area contributed by atoms with Gasteiger partial charge in [-0.1, -0.05) is 50.2 Å². The molecule has 0 saturated carbocycles. The number of anilines is 1. The summed E-state index contributed by atoms with van der Waals surface area (Å²) in [4.78, 5) is 19.5. The van der Waals surface area contributed by atoms with Crippen LogP contribution in [-0.2, 0) is 5.41 Å². The number of nitrogens with zero attached hydrogens (tertiary/aromatic N) is 5. The highest BCUT2D eigenvalue weighted by atomic mass is 32.1. The molecule has 0 N–H and O–H groups in total. The van der Waals surface area contributed by atoms with E-state index in [1.165, 1.54) is 28.7 Å². The van der Waals surface area contributed by atoms with Gasteiger partial charge in [-0.3, -0.25) is 10.1 Å². The lowest BCUT2D eigenvalue weighted by Gasteiger charge is -2.23. The molecule has 1 aliphatic rings. The van der Waals surface area contributed by atoms with Crippen LogP contribution in [0.5, 0.6) is 0 Å². The number of thiophene rings is 1. The Morgan fingerprint density at radius 2 is 1.80 bits per heavy atom. The maximum absolute atomic E-state index is 11.5. The average Bonchev–Trinajstić information content (AvgIpc) is 3.55. The van der Waals surface area contributed by atoms with Crippen LogP contribution in [0.2, 0.25) is 0 Å². The van der Waals surface area contributed by atoms with Gasteiger partial charge in [0.25, 0.3) is 5.69 Å². The topological polar surface area (TPSA) is 76.0 Å². The first-order chi connectivity index (χ1) is 16.9. The van der Waals surface area contributed by atoms with Crippen LogP contribution in [-0.4, -0.2) is 22.9 Å². The lowest BCUT2D eigenvalue weighted by Crippen LogP contribution is -2.23. The molecule has 0 spiro atoms. The molecule has 0 bridgehead atoms. The van der Waals surface area contributed by atoms with Crippen LogP contribution in [0.1, 0.15) is 19.4 Å². The van der Waals surface area contributed by atoms with Crippen molar-refractivity contribution < 1.29 is 4.92 Å². The van der Waals surface area contributed by atoms with E-state index >= 15 is 0 Å². The number of fused-ring (bicyclic) bond motifs is 1. The van der Waals surface area contributed by atoms with Crippen LogP contribution in [0.25, 0.3) is 10.6 Å². The molecular formula is C26H23N5O2S2. The molecule has 9 heteroatoms. The Bertz CT molecular complexity index is 1530. The third-order valence-corrected chi connectivity index (χ3v) is 7.82. The molecule has 5 rings (SSSR count). The van der Waals surface area contributed by atoms with E-state index in [4.69, 9.17) is 5.10 Å². The maximum Gasteiger partial charge on any atom is 0.294 e. The summed E-state index contributed by atoms with van der Waals surface area (Å²) in [6, 6.07) is 18.9. The lowest BCUT2D eigenvalue weighted by atomic mass is 9.84. The summed E-state index contributed by atoms with van der Waals surface area (Å²) in [5, 5.41) is 20.2. The second-order valence-corrected chi connectivity index (χ2v) is 10.4. The first-order valence-corrected chi connectivity index (χ1v) is 12.7. The smallest absolute Gasteiger partial charge is 0.294 e. The van der Waals surface area contributed by atoms with Crippen molar-refractivity contribution in [1.82, 2.24) is 4.68 Å². The van der Waals surface area contributed by atoms with E-state index in [1.807, 2.05) is 35.0 Å². The molecule has 35 heavy (non-hydrogen) atoms. The highest BCUT2D eigenvalue weighted by Crippen LogP contribution is 2.46. The van der Waals surface area contributed by atoms with E-state index in [2.05, 4.69) is 49.0 Å². The number of hydrogen-bond donors (Lipinski definition) is 0. The first kappa shape index (κ1) is 22.9. The van der Waals surface area contributed by atoms with E-state index in [9.17, 15) is 10.1 Å². The number of aromatic nitrogens is 1. The summed E-state index contributed by atoms with van der Waals surface area (Å²) >= 11 is 3.00. The molecule has 0 aliphatic carbocycles. The van der Waals surface area contributed by atoms with Crippen molar-refractivity contribution in [3.05, 3.63) is 104 Å². The maximum atomic E-state index is 11.5. The molecule has 176 valence electrons. The third-order valence-electron chi connectivity index (χ3n) is 6.11. The van der Waals surface area contributed by atoms with Gasteiger partial charge >= 0.3 is 0 Å². The Hall–Kier alpha value is -3.82. The number of thiazole rings is 1. The molecule has 0 fully saturated rings. The molecule has 1 aliphatic heterocycles. The molecule has 3 heterocycles. The van der Waals surface area contributed by atoms with Crippen LogP contribution in [0.4, 0.5) is 17.1 Å². The van der Waals surface area contributed by atoms with Gasteiger partial charge in [0.1, 0.15) is 5.69 Å². The van der Waals surface area contributed by atoms with Crippen molar-refractivity contribution in [2.75, 3.05) is 11.9 Å². The summed E-state index contributed by atoms with van der Waals surface area (Å²) < 4.78 is 1.75. The van der Waals surface area contributed by atoms with Crippen LogP contribution in [0.15, 0.2) is 93.3 Å².